The molecule has 4 aromatic rings. The Balaban J connectivity index is 1.53. The molecule has 1 atom stereocenters. The molecule has 3 aromatic carbocycles. The number of methoxy groups -OCH3 is 2. The number of esters is 1. The molecule has 0 unspecified atom stereocenters. The molecule has 12 heteroatoms. The van der Waals surface area contributed by atoms with Gasteiger partial charge >= 0.3 is 5.97 Å². The average molecular weight is 718 g/mol. The number of halogens is 3. The van der Waals surface area contributed by atoms with Crippen LogP contribution in [-0.4, -0.2) is 31.4 Å². The van der Waals surface area contributed by atoms with Gasteiger partial charge in [-0.25, -0.2) is 9.79 Å². The minimum absolute atomic E-state index is 0.174. The molecular weight excluding hydrogens is 691 g/mol. The van der Waals surface area contributed by atoms with Crippen molar-refractivity contribution in [3.8, 4) is 17.2 Å². The van der Waals surface area contributed by atoms with Crippen molar-refractivity contribution >= 4 is 62.5 Å². The van der Waals surface area contributed by atoms with Crippen molar-refractivity contribution in [1.82, 2.24) is 4.57 Å². The summed E-state index contributed by atoms with van der Waals surface area (Å²) in [6.45, 7) is 3.96. The highest BCUT2D eigenvalue weighted by molar-refractivity contribution is 9.10. The van der Waals surface area contributed by atoms with Crippen LogP contribution in [0.15, 0.2) is 80.1 Å². The van der Waals surface area contributed by atoms with Gasteiger partial charge in [-0.1, -0.05) is 68.7 Å². The highest BCUT2D eigenvalue weighted by atomic mass is 79.9. The van der Waals surface area contributed by atoms with Crippen LogP contribution in [0.4, 0.5) is 0 Å². The van der Waals surface area contributed by atoms with E-state index < -0.39 is 12.0 Å². The van der Waals surface area contributed by atoms with Crippen LogP contribution in [0, 0.1) is 0 Å². The van der Waals surface area contributed by atoms with Crippen molar-refractivity contribution < 1.29 is 23.7 Å². The van der Waals surface area contributed by atoms with Crippen molar-refractivity contribution in [3.05, 3.63) is 117 Å². The number of carbonyl (C=O) groups excluding carboxylic acids is 1. The van der Waals surface area contributed by atoms with E-state index in [1.54, 1.807) is 44.2 Å². The summed E-state index contributed by atoms with van der Waals surface area (Å²) in [5.41, 5.74) is 2.74. The molecule has 5 rings (SSSR count). The first-order chi connectivity index (χ1) is 21.1. The number of hydrogen-bond donors (Lipinski definition) is 0. The van der Waals surface area contributed by atoms with Crippen molar-refractivity contribution in [2.24, 2.45) is 4.99 Å². The molecule has 1 aliphatic rings. The van der Waals surface area contributed by atoms with E-state index in [-0.39, 0.29) is 17.7 Å². The lowest BCUT2D eigenvalue weighted by Gasteiger charge is -2.26. The second-order valence-electron chi connectivity index (χ2n) is 9.64. The predicted molar refractivity (Wildman–Crippen MR) is 175 cm³/mol. The predicted octanol–water partition coefficient (Wildman–Crippen LogP) is 6.46. The van der Waals surface area contributed by atoms with Crippen LogP contribution in [0.25, 0.3) is 6.08 Å². The lowest BCUT2D eigenvalue weighted by Crippen LogP contribution is -2.40. The summed E-state index contributed by atoms with van der Waals surface area (Å²) in [7, 11) is 3.06. The number of ether oxygens (including phenoxy) is 4. The zero-order chi connectivity index (χ0) is 31.5. The number of hydrogen-bond acceptors (Lipinski definition) is 8. The Morgan fingerprint density at radius 3 is 2.41 bits per heavy atom. The van der Waals surface area contributed by atoms with E-state index in [1.165, 1.54) is 30.1 Å². The second kappa shape index (κ2) is 13.6. The van der Waals surface area contributed by atoms with Crippen LogP contribution >= 0.6 is 50.5 Å². The highest BCUT2D eigenvalue weighted by Gasteiger charge is 2.35. The quantitative estimate of drug-likeness (QED) is 0.185. The zero-order valence-electron chi connectivity index (χ0n) is 24.2. The van der Waals surface area contributed by atoms with E-state index in [1.807, 2.05) is 30.3 Å². The zero-order valence-corrected chi connectivity index (χ0v) is 28.1. The van der Waals surface area contributed by atoms with Gasteiger partial charge in [0.25, 0.3) is 5.56 Å². The van der Waals surface area contributed by atoms with Crippen LogP contribution in [0.3, 0.4) is 0 Å². The third kappa shape index (κ3) is 6.44. The lowest BCUT2D eigenvalue weighted by molar-refractivity contribution is -0.139. The maximum atomic E-state index is 14.0. The minimum Gasteiger partial charge on any atom is -0.493 e. The molecule has 1 aromatic heterocycles. The summed E-state index contributed by atoms with van der Waals surface area (Å²) in [5, 5.41) is 0.954. The van der Waals surface area contributed by atoms with Gasteiger partial charge in [0.2, 0.25) is 0 Å². The molecule has 0 amide bonds. The Kier molecular flexibility index (Phi) is 9.84. The topological polar surface area (TPSA) is 88.4 Å². The molecule has 0 fully saturated rings. The van der Waals surface area contributed by atoms with Gasteiger partial charge in [0.1, 0.15) is 12.4 Å². The van der Waals surface area contributed by atoms with Gasteiger partial charge in [0.15, 0.2) is 16.3 Å². The number of rotatable bonds is 9. The molecule has 2 heterocycles. The summed E-state index contributed by atoms with van der Waals surface area (Å²) in [6, 6.07) is 15.4. The molecular formula is C32H27BrCl2N2O6S. The molecule has 0 N–H and O–H groups in total. The smallest absolute Gasteiger partial charge is 0.338 e. The van der Waals surface area contributed by atoms with Gasteiger partial charge in [0, 0.05) is 4.47 Å². The summed E-state index contributed by atoms with van der Waals surface area (Å²) in [4.78, 5) is 32.3. The fourth-order valence-electron chi connectivity index (χ4n) is 4.77. The normalized spacial score (nSPS) is 14.6. The van der Waals surface area contributed by atoms with Crippen LogP contribution < -0.4 is 29.1 Å². The summed E-state index contributed by atoms with van der Waals surface area (Å²) >= 11 is 17.0. The average Bonchev–Trinajstić information content (AvgIpc) is 3.31. The van der Waals surface area contributed by atoms with Gasteiger partial charge in [-0.05, 0) is 73.0 Å². The van der Waals surface area contributed by atoms with Crippen molar-refractivity contribution in [2.45, 2.75) is 26.5 Å². The third-order valence-electron chi connectivity index (χ3n) is 6.88. The van der Waals surface area contributed by atoms with Gasteiger partial charge < -0.3 is 18.9 Å². The maximum absolute atomic E-state index is 14.0. The Labute approximate surface area is 275 Å². The molecule has 0 saturated heterocycles. The first-order valence-electron chi connectivity index (χ1n) is 13.4. The molecule has 0 spiro atoms. The largest absolute Gasteiger partial charge is 0.493 e. The molecule has 44 heavy (non-hydrogen) atoms. The minimum atomic E-state index is -0.821. The fourth-order valence-corrected chi connectivity index (χ4v) is 6.68. The molecule has 228 valence electrons. The van der Waals surface area contributed by atoms with E-state index >= 15 is 0 Å². The number of fused-ring (bicyclic) bond motifs is 1. The van der Waals surface area contributed by atoms with E-state index in [2.05, 4.69) is 20.9 Å². The van der Waals surface area contributed by atoms with Gasteiger partial charge in [-0.2, -0.15) is 0 Å². The number of benzene rings is 3. The Morgan fingerprint density at radius 1 is 1.05 bits per heavy atom. The fraction of sp³-hybridized carbons (Fsp3) is 0.219. The van der Waals surface area contributed by atoms with Gasteiger partial charge in [0.05, 0.1) is 52.7 Å². The van der Waals surface area contributed by atoms with Crippen LogP contribution in [0.5, 0.6) is 17.2 Å². The number of allylic oxidation sites excluding steroid dienone is 1. The number of carbonyl (C=O) groups is 1. The number of nitrogens with zero attached hydrogens (tertiary/aromatic N) is 2. The molecule has 8 nitrogen and oxygen atoms in total. The molecule has 0 saturated carbocycles. The monoisotopic (exact) mass is 716 g/mol. The number of aromatic nitrogens is 1. The third-order valence-corrected chi connectivity index (χ3v) is 9.29. The summed E-state index contributed by atoms with van der Waals surface area (Å²) in [6.07, 6.45) is 1.79. The Hall–Kier alpha value is -3.57. The van der Waals surface area contributed by atoms with E-state index in [0.717, 1.165) is 11.1 Å². The van der Waals surface area contributed by atoms with Gasteiger partial charge in [-0.3, -0.25) is 9.36 Å². The van der Waals surface area contributed by atoms with Crippen molar-refractivity contribution in [3.63, 3.8) is 0 Å². The SMILES string of the molecule is CCOC(=O)C1=C(C)N=c2s/c(=C/c3ccc(OCc4ccc(Cl)c(Cl)c4)cc3)c(=O)n2[C@H]1c1cc(OC)c(OC)cc1Br. The van der Waals surface area contributed by atoms with Gasteiger partial charge in [-0.15, -0.1) is 0 Å². The molecule has 0 radical (unpaired) electrons. The summed E-state index contributed by atoms with van der Waals surface area (Å²) < 4.78 is 24.9. The Bertz CT molecular complexity index is 1950. The molecule has 0 aliphatic carbocycles. The van der Waals surface area contributed by atoms with Crippen LogP contribution in [0.1, 0.15) is 36.6 Å². The maximum Gasteiger partial charge on any atom is 0.338 e. The van der Waals surface area contributed by atoms with E-state index in [0.29, 0.717) is 59.0 Å². The first-order valence-corrected chi connectivity index (χ1v) is 15.8. The molecule has 0 bridgehead atoms. The summed E-state index contributed by atoms with van der Waals surface area (Å²) in [5.74, 6) is 1.05. The van der Waals surface area contributed by atoms with Crippen LogP contribution in [0.2, 0.25) is 10.0 Å². The standard InChI is InChI=1S/C32H27BrCl2N2O6S/c1-5-42-31(39)28-17(2)36-32-37(29(28)21-14-25(40-3)26(41-4)15-22(21)33)30(38)27(44-32)13-18-6-9-20(10-7-18)43-16-19-8-11-23(34)24(35)12-19/h6-15,29H,5,16H2,1-4H3/b27-13+/t29-/m0/s1. The van der Waals surface area contributed by atoms with Crippen molar-refractivity contribution in [2.75, 3.05) is 20.8 Å². The van der Waals surface area contributed by atoms with Crippen LogP contribution in [-0.2, 0) is 16.1 Å². The van der Waals surface area contributed by atoms with E-state index in [9.17, 15) is 9.59 Å². The Morgan fingerprint density at radius 2 is 1.75 bits per heavy atom. The second-order valence-corrected chi connectivity index (χ2v) is 12.3. The first kappa shape index (κ1) is 31.8. The van der Waals surface area contributed by atoms with E-state index in [4.69, 9.17) is 42.1 Å². The molecule has 1 aliphatic heterocycles. The lowest BCUT2D eigenvalue weighted by atomic mass is 9.95. The highest BCUT2D eigenvalue weighted by Crippen LogP contribution is 2.40. The number of thiazole rings is 1. The van der Waals surface area contributed by atoms with Crippen molar-refractivity contribution in [1.29, 1.82) is 0 Å².